The molecular weight excluding hydrogens is 304 g/mol. The molecule has 24 heavy (non-hydrogen) atoms. The zero-order chi connectivity index (χ0) is 17.7. The minimum atomic E-state index is -0.581. The van der Waals surface area contributed by atoms with E-state index < -0.39 is 11.5 Å². The van der Waals surface area contributed by atoms with Gasteiger partial charge in [0.1, 0.15) is 12.0 Å². The summed E-state index contributed by atoms with van der Waals surface area (Å²) in [7, 11) is 0. The molecule has 0 unspecified atom stereocenters. The van der Waals surface area contributed by atoms with Crippen molar-refractivity contribution in [2.45, 2.75) is 52.6 Å². The van der Waals surface area contributed by atoms with Crippen molar-refractivity contribution in [3.8, 4) is 0 Å². The van der Waals surface area contributed by atoms with Crippen LogP contribution in [-0.4, -0.2) is 22.8 Å². The molecule has 0 bridgehead atoms. The summed E-state index contributed by atoms with van der Waals surface area (Å²) in [6.07, 6.45) is 4.39. The molecule has 1 N–H and O–H groups in total. The molecule has 1 heterocycles. The van der Waals surface area contributed by atoms with Gasteiger partial charge in [0.2, 0.25) is 0 Å². The maximum atomic E-state index is 12.6. The Morgan fingerprint density at radius 3 is 2.75 bits per heavy atom. The topological polar surface area (TPSA) is 67.5 Å². The van der Waals surface area contributed by atoms with Crippen LogP contribution in [0.5, 0.6) is 0 Å². The van der Waals surface area contributed by atoms with E-state index in [4.69, 9.17) is 4.42 Å². The van der Waals surface area contributed by atoms with Crippen LogP contribution in [-0.2, 0) is 4.79 Å². The number of aliphatic hydroxyl groups excluding tert-OH is 1. The summed E-state index contributed by atoms with van der Waals surface area (Å²) in [5.74, 6) is 0.0528. The van der Waals surface area contributed by atoms with Gasteiger partial charge in [0.15, 0.2) is 5.78 Å². The number of ketones is 2. The summed E-state index contributed by atoms with van der Waals surface area (Å²) >= 11 is 0. The van der Waals surface area contributed by atoms with Crippen LogP contribution in [0.4, 0.5) is 0 Å². The van der Waals surface area contributed by atoms with Gasteiger partial charge in [0.05, 0.1) is 17.9 Å². The summed E-state index contributed by atoms with van der Waals surface area (Å²) in [4.78, 5) is 25.1. The van der Waals surface area contributed by atoms with E-state index in [-0.39, 0.29) is 28.8 Å². The van der Waals surface area contributed by atoms with Crippen LogP contribution in [0.15, 0.2) is 35.2 Å². The average Bonchev–Trinajstić information content (AvgIpc) is 3.01. The van der Waals surface area contributed by atoms with Gasteiger partial charge in [0, 0.05) is 24.2 Å². The maximum Gasteiger partial charge on any atom is 0.166 e. The molecule has 2 fully saturated rings. The molecule has 0 radical (unpaired) electrons. The Bertz CT molecular complexity index is 670. The molecule has 4 atom stereocenters. The van der Waals surface area contributed by atoms with Gasteiger partial charge in [-0.15, -0.1) is 0 Å². The number of hydrogen-bond acceptors (Lipinski definition) is 4. The Morgan fingerprint density at radius 1 is 1.42 bits per heavy atom. The van der Waals surface area contributed by atoms with Crippen molar-refractivity contribution in [2.75, 3.05) is 0 Å². The van der Waals surface area contributed by atoms with Crippen LogP contribution < -0.4 is 0 Å². The quantitative estimate of drug-likeness (QED) is 0.676. The molecule has 1 aromatic rings. The van der Waals surface area contributed by atoms with Gasteiger partial charge in [-0.25, -0.2) is 0 Å². The Labute approximate surface area is 142 Å². The van der Waals surface area contributed by atoms with E-state index >= 15 is 0 Å². The number of aliphatic hydroxyl groups is 1. The van der Waals surface area contributed by atoms with Gasteiger partial charge in [-0.2, -0.15) is 0 Å². The summed E-state index contributed by atoms with van der Waals surface area (Å²) in [5.41, 5.74) is 0.610. The summed E-state index contributed by atoms with van der Waals surface area (Å²) in [6, 6.07) is 1.68. The van der Waals surface area contributed by atoms with E-state index in [9.17, 15) is 14.7 Å². The fraction of sp³-hybridized carbons (Fsp3) is 0.600. The Kier molecular flexibility index (Phi) is 4.07. The Balaban J connectivity index is 1.95. The molecule has 0 saturated heterocycles. The highest BCUT2D eigenvalue weighted by atomic mass is 16.3. The van der Waals surface area contributed by atoms with Crippen LogP contribution in [0.1, 0.15) is 56.8 Å². The zero-order valence-electron chi connectivity index (χ0n) is 14.7. The lowest BCUT2D eigenvalue weighted by Crippen LogP contribution is -2.58. The Hall–Kier alpha value is -1.68. The van der Waals surface area contributed by atoms with Crippen molar-refractivity contribution >= 4 is 11.6 Å². The number of carbonyl (C=O) groups excluding carboxylic acids is 2. The summed E-state index contributed by atoms with van der Waals surface area (Å²) in [6.45, 7) is 10.1. The first-order chi connectivity index (χ1) is 11.2. The highest BCUT2D eigenvalue weighted by molar-refractivity contribution is 5.96. The molecular formula is C20H26O4. The van der Waals surface area contributed by atoms with E-state index in [0.29, 0.717) is 31.2 Å². The fourth-order valence-corrected chi connectivity index (χ4v) is 5.27. The molecule has 1 aromatic heterocycles. The number of Topliss-reactive ketones (excluding diaryl/α,β-unsaturated/α-hetero) is 2. The molecule has 4 nitrogen and oxygen atoms in total. The predicted molar refractivity (Wildman–Crippen MR) is 90.5 cm³/mol. The third-order valence-corrected chi connectivity index (χ3v) is 6.48. The first-order valence-electron chi connectivity index (χ1n) is 8.62. The summed E-state index contributed by atoms with van der Waals surface area (Å²) in [5, 5.41) is 10.7. The van der Waals surface area contributed by atoms with Crippen LogP contribution >= 0.6 is 0 Å². The third-order valence-electron chi connectivity index (χ3n) is 6.48. The molecule has 0 spiro atoms. The van der Waals surface area contributed by atoms with Gasteiger partial charge in [-0.1, -0.05) is 32.9 Å². The minimum absolute atomic E-state index is 0.0272. The second kappa shape index (κ2) is 5.69. The standard InChI is InChI=1S/C20H26O4/c1-12-9-16(22)18-19(2,3)17(23)5-7-20(18,4)14(12)10-15(21)13-6-8-24-11-13/h6,8,11,14,16,18,22H,1,5,7,9-10H2,2-4H3/t14-,16-,18-,20+/m0/s1. The van der Waals surface area contributed by atoms with E-state index in [1.807, 2.05) is 13.8 Å². The van der Waals surface area contributed by atoms with Crippen molar-refractivity contribution in [3.05, 3.63) is 36.3 Å². The van der Waals surface area contributed by atoms with E-state index in [1.165, 1.54) is 12.5 Å². The van der Waals surface area contributed by atoms with Crippen LogP contribution in [0, 0.1) is 22.7 Å². The number of rotatable bonds is 3. The van der Waals surface area contributed by atoms with Gasteiger partial charge in [0.25, 0.3) is 0 Å². The fourth-order valence-electron chi connectivity index (χ4n) is 5.27. The van der Waals surface area contributed by atoms with Crippen molar-refractivity contribution in [1.82, 2.24) is 0 Å². The first kappa shape index (κ1) is 17.2. The second-order valence-corrected chi connectivity index (χ2v) is 8.25. The average molecular weight is 330 g/mol. The Morgan fingerprint density at radius 2 is 2.12 bits per heavy atom. The van der Waals surface area contributed by atoms with E-state index in [2.05, 4.69) is 13.5 Å². The SMILES string of the molecule is C=C1C[C@H](O)[C@H]2C(C)(C)C(=O)CC[C@]2(C)[C@H]1CC(=O)c1ccoc1. The highest BCUT2D eigenvalue weighted by Crippen LogP contribution is 2.60. The highest BCUT2D eigenvalue weighted by Gasteiger charge is 2.59. The van der Waals surface area contributed by atoms with Crippen molar-refractivity contribution < 1.29 is 19.1 Å². The van der Waals surface area contributed by atoms with Crippen LogP contribution in [0.3, 0.4) is 0 Å². The number of fused-ring (bicyclic) bond motifs is 1. The molecule has 3 rings (SSSR count). The second-order valence-electron chi connectivity index (χ2n) is 8.25. The minimum Gasteiger partial charge on any atom is -0.472 e. The molecule has 130 valence electrons. The lowest BCUT2D eigenvalue weighted by Gasteiger charge is -2.58. The molecule has 2 aliphatic rings. The van der Waals surface area contributed by atoms with E-state index in [1.54, 1.807) is 6.07 Å². The monoisotopic (exact) mass is 330 g/mol. The van der Waals surface area contributed by atoms with Gasteiger partial charge < -0.3 is 9.52 Å². The maximum absolute atomic E-state index is 12.6. The smallest absolute Gasteiger partial charge is 0.166 e. The van der Waals surface area contributed by atoms with E-state index in [0.717, 1.165) is 5.57 Å². The lowest BCUT2D eigenvalue weighted by atomic mass is 9.46. The molecule has 2 saturated carbocycles. The number of furan rings is 1. The normalized spacial score (nSPS) is 35.6. The third kappa shape index (κ3) is 2.48. The molecule has 0 aliphatic heterocycles. The summed E-state index contributed by atoms with van der Waals surface area (Å²) < 4.78 is 5.02. The van der Waals surface area contributed by atoms with Crippen molar-refractivity contribution in [1.29, 1.82) is 0 Å². The van der Waals surface area contributed by atoms with Crippen molar-refractivity contribution in [2.24, 2.45) is 22.7 Å². The predicted octanol–water partition coefficient (Wildman–Crippen LogP) is 3.80. The number of hydrogen-bond donors (Lipinski definition) is 1. The lowest BCUT2D eigenvalue weighted by molar-refractivity contribution is -0.157. The van der Waals surface area contributed by atoms with Crippen LogP contribution in [0.2, 0.25) is 0 Å². The molecule has 2 aliphatic carbocycles. The van der Waals surface area contributed by atoms with Gasteiger partial charge in [-0.05, 0) is 30.2 Å². The first-order valence-corrected chi connectivity index (χ1v) is 8.62. The van der Waals surface area contributed by atoms with Gasteiger partial charge in [-0.3, -0.25) is 9.59 Å². The van der Waals surface area contributed by atoms with Crippen molar-refractivity contribution in [3.63, 3.8) is 0 Å². The molecule has 0 amide bonds. The van der Waals surface area contributed by atoms with Crippen LogP contribution in [0.25, 0.3) is 0 Å². The number of carbonyl (C=O) groups is 2. The molecule has 4 heteroatoms. The zero-order valence-corrected chi connectivity index (χ0v) is 14.7. The van der Waals surface area contributed by atoms with Gasteiger partial charge >= 0.3 is 0 Å². The molecule has 0 aromatic carbocycles. The largest absolute Gasteiger partial charge is 0.472 e.